The number of ether oxygens (including phenoxy) is 2. The van der Waals surface area contributed by atoms with Crippen molar-refractivity contribution in [2.75, 3.05) is 7.11 Å². The van der Waals surface area contributed by atoms with E-state index in [4.69, 9.17) is 42.6 Å². The van der Waals surface area contributed by atoms with E-state index in [1.807, 2.05) is 0 Å². The Kier molecular flexibility index (Phi) is 6.33. The number of hydrogen-bond donors (Lipinski definition) is 1. The highest BCUT2D eigenvalue weighted by atomic mass is 35.5. The van der Waals surface area contributed by atoms with Gasteiger partial charge in [-0.25, -0.2) is 9.48 Å². The van der Waals surface area contributed by atoms with Crippen molar-refractivity contribution in [1.82, 2.24) is 9.78 Å². The van der Waals surface area contributed by atoms with E-state index in [1.165, 1.54) is 37.1 Å². The van der Waals surface area contributed by atoms with Crippen LogP contribution in [0.3, 0.4) is 0 Å². The van der Waals surface area contributed by atoms with Gasteiger partial charge in [0, 0.05) is 13.1 Å². The average molecular weight is 402 g/mol. The van der Waals surface area contributed by atoms with Crippen LogP contribution in [0.5, 0.6) is 17.4 Å². The largest absolute Gasteiger partial charge is 0.479 e. The average Bonchev–Trinajstić information content (AvgIpc) is 2.83. The summed E-state index contributed by atoms with van der Waals surface area (Å²) in [7, 11) is 3.12. The highest BCUT2D eigenvalue weighted by molar-refractivity contribution is 6.36. The van der Waals surface area contributed by atoms with E-state index in [9.17, 15) is 4.79 Å². The third-order valence-corrected chi connectivity index (χ3v) is 3.94. The first-order chi connectivity index (χ1) is 12.2. The quantitative estimate of drug-likeness (QED) is 0.561. The molecule has 1 aromatic carbocycles. The summed E-state index contributed by atoms with van der Waals surface area (Å²) in [5, 5.41) is 17.4. The van der Waals surface area contributed by atoms with Crippen molar-refractivity contribution < 1.29 is 24.2 Å². The number of aryl methyl sites for hydroxylation is 2. The number of carboxylic acid groups (broad SMARTS) is 1. The summed E-state index contributed by atoms with van der Waals surface area (Å²) in [5.74, 6) is -0.408. The Hall–Kier alpha value is -2.45. The van der Waals surface area contributed by atoms with Gasteiger partial charge in [-0.2, -0.15) is 5.10 Å². The normalized spacial score (nSPS) is 12.2. The van der Waals surface area contributed by atoms with E-state index < -0.39 is 12.1 Å². The van der Waals surface area contributed by atoms with Gasteiger partial charge in [-0.05, 0) is 19.9 Å². The predicted molar refractivity (Wildman–Crippen MR) is 96.8 cm³/mol. The topological polar surface area (TPSA) is 95.2 Å². The molecule has 0 saturated heterocycles. The van der Waals surface area contributed by atoms with Gasteiger partial charge >= 0.3 is 5.97 Å². The molecule has 2 aromatic rings. The van der Waals surface area contributed by atoms with Crippen LogP contribution in [-0.4, -0.2) is 40.3 Å². The highest BCUT2D eigenvalue weighted by Gasteiger charge is 2.20. The standard InChI is InChI=1S/C16H17Cl2N3O5/c1-8-10(7-19-24-4)15(21(3)20-8)26-14-6-13(11(17)5-12(14)18)25-9(2)16(22)23/h5-7,9H,1-4H3,(H,22,23)/t9-/m0/s1. The van der Waals surface area contributed by atoms with Crippen molar-refractivity contribution in [3.63, 3.8) is 0 Å². The van der Waals surface area contributed by atoms with Gasteiger partial charge < -0.3 is 19.4 Å². The number of halogens is 2. The molecule has 1 aromatic heterocycles. The molecular weight excluding hydrogens is 385 g/mol. The number of carbonyl (C=O) groups is 1. The molecule has 0 unspecified atom stereocenters. The minimum atomic E-state index is -1.13. The Balaban J connectivity index is 2.41. The fraction of sp³-hybridized carbons (Fsp3) is 0.312. The molecule has 1 atom stereocenters. The Labute approximate surface area is 159 Å². The second-order valence-electron chi connectivity index (χ2n) is 5.26. The number of benzene rings is 1. The second kappa shape index (κ2) is 8.29. The molecule has 1 heterocycles. The van der Waals surface area contributed by atoms with Crippen molar-refractivity contribution >= 4 is 35.4 Å². The van der Waals surface area contributed by atoms with E-state index in [2.05, 4.69) is 10.3 Å². The van der Waals surface area contributed by atoms with Gasteiger partial charge in [0.05, 0.1) is 27.5 Å². The molecule has 0 aliphatic heterocycles. The third kappa shape index (κ3) is 4.39. The van der Waals surface area contributed by atoms with E-state index >= 15 is 0 Å². The summed E-state index contributed by atoms with van der Waals surface area (Å²) in [4.78, 5) is 15.7. The van der Waals surface area contributed by atoms with Crippen LogP contribution in [0.25, 0.3) is 0 Å². The Morgan fingerprint density at radius 2 is 2.00 bits per heavy atom. The van der Waals surface area contributed by atoms with Crippen molar-refractivity contribution in [2.24, 2.45) is 12.2 Å². The van der Waals surface area contributed by atoms with Gasteiger partial charge in [-0.3, -0.25) is 0 Å². The van der Waals surface area contributed by atoms with Crippen LogP contribution in [0, 0.1) is 6.92 Å². The van der Waals surface area contributed by atoms with Gasteiger partial charge in [-0.15, -0.1) is 0 Å². The fourth-order valence-corrected chi connectivity index (χ4v) is 2.52. The minimum absolute atomic E-state index is 0.131. The summed E-state index contributed by atoms with van der Waals surface area (Å²) in [6, 6.07) is 2.83. The Morgan fingerprint density at radius 3 is 2.62 bits per heavy atom. The summed E-state index contributed by atoms with van der Waals surface area (Å²) in [5.41, 5.74) is 1.27. The maximum Gasteiger partial charge on any atom is 0.344 e. The van der Waals surface area contributed by atoms with Crippen LogP contribution in [0.1, 0.15) is 18.2 Å². The van der Waals surface area contributed by atoms with Crippen molar-refractivity contribution in [3.05, 3.63) is 33.4 Å². The van der Waals surface area contributed by atoms with E-state index in [0.29, 0.717) is 17.1 Å². The predicted octanol–water partition coefficient (Wildman–Crippen LogP) is 3.66. The van der Waals surface area contributed by atoms with Gasteiger partial charge in [0.1, 0.15) is 12.9 Å². The summed E-state index contributed by atoms with van der Waals surface area (Å²) >= 11 is 12.3. The van der Waals surface area contributed by atoms with Crippen LogP contribution < -0.4 is 9.47 Å². The lowest BCUT2D eigenvalue weighted by atomic mass is 10.2. The maximum atomic E-state index is 11.0. The SMILES string of the molecule is CON=Cc1c(C)nn(C)c1Oc1cc(O[C@@H](C)C(=O)O)c(Cl)cc1Cl. The Morgan fingerprint density at radius 1 is 1.35 bits per heavy atom. The van der Waals surface area contributed by atoms with Gasteiger partial charge in [0.15, 0.2) is 11.9 Å². The molecule has 0 radical (unpaired) electrons. The van der Waals surface area contributed by atoms with Gasteiger partial charge in [-0.1, -0.05) is 28.4 Å². The molecule has 10 heteroatoms. The lowest BCUT2D eigenvalue weighted by Crippen LogP contribution is -2.23. The molecule has 0 amide bonds. The monoisotopic (exact) mass is 401 g/mol. The van der Waals surface area contributed by atoms with Gasteiger partial charge in [0.25, 0.3) is 0 Å². The first-order valence-corrected chi connectivity index (χ1v) is 8.16. The van der Waals surface area contributed by atoms with Crippen LogP contribution >= 0.6 is 23.2 Å². The number of aliphatic carboxylic acids is 1. The molecule has 0 aliphatic rings. The van der Waals surface area contributed by atoms with E-state index in [-0.39, 0.29) is 21.5 Å². The van der Waals surface area contributed by atoms with Crippen molar-refractivity contribution in [3.8, 4) is 17.4 Å². The zero-order valence-corrected chi connectivity index (χ0v) is 16.0. The molecule has 26 heavy (non-hydrogen) atoms. The summed E-state index contributed by atoms with van der Waals surface area (Å²) in [6.45, 7) is 3.17. The zero-order valence-electron chi connectivity index (χ0n) is 14.5. The first-order valence-electron chi connectivity index (χ1n) is 7.41. The number of carboxylic acids is 1. The lowest BCUT2D eigenvalue weighted by molar-refractivity contribution is -0.144. The van der Waals surface area contributed by atoms with Crippen molar-refractivity contribution in [1.29, 1.82) is 0 Å². The maximum absolute atomic E-state index is 11.0. The molecule has 8 nitrogen and oxygen atoms in total. The summed E-state index contributed by atoms with van der Waals surface area (Å²) in [6.07, 6.45) is 0.371. The number of hydrogen-bond acceptors (Lipinski definition) is 6. The van der Waals surface area contributed by atoms with E-state index in [0.717, 1.165) is 0 Å². The lowest BCUT2D eigenvalue weighted by Gasteiger charge is -2.15. The summed E-state index contributed by atoms with van der Waals surface area (Å²) < 4.78 is 12.7. The molecule has 1 N–H and O–H groups in total. The molecule has 2 rings (SSSR count). The zero-order chi connectivity index (χ0) is 19.4. The van der Waals surface area contributed by atoms with Crippen LogP contribution in [-0.2, 0) is 16.7 Å². The third-order valence-electron chi connectivity index (χ3n) is 3.35. The van der Waals surface area contributed by atoms with Gasteiger partial charge in [0.2, 0.25) is 5.88 Å². The first kappa shape index (κ1) is 19.9. The smallest absolute Gasteiger partial charge is 0.344 e. The molecule has 0 saturated carbocycles. The molecule has 0 aliphatic carbocycles. The molecule has 0 spiro atoms. The van der Waals surface area contributed by atoms with Crippen molar-refractivity contribution in [2.45, 2.75) is 20.0 Å². The molecule has 140 valence electrons. The van der Waals surface area contributed by atoms with Crippen LogP contribution in [0.2, 0.25) is 10.0 Å². The molecular formula is C16H17Cl2N3O5. The fourth-order valence-electron chi connectivity index (χ4n) is 2.05. The second-order valence-corrected chi connectivity index (χ2v) is 6.07. The van der Waals surface area contributed by atoms with E-state index in [1.54, 1.807) is 14.0 Å². The van der Waals surface area contributed by atoms with Crippen LogP contribution in [0.4, 0.5) is 0 Å². The number of rotatable bonds is 7. The number of nitrogens with zero attached hydrogens (tertiary/aromatic N) is 3. The Bertz CT molecular complexity index is 851. The molecule has 0 bridgehead atoms. The minimum Gasteiger partial charge on any atom is -0.479 e. The number of aromatic nitrogens is 2. The number of oxime groups is 1. The highest BCUT2D eigenvalue weighted by Crippen LogP contribution is 2.39. The molecule has 0 fully saturated rings. The van der Waals surface area contributed by atoms with Crippen LogP contribution in [0.15, 0.2) is 17.3 Å².